The van der Waals surface area contributed by atoms with Gasteiger partial charge in [0.25, 0.3) is 0 Å². The summed E-state index contributed by atoms with van der Waals surface area (Å²) in [6, 6.07) is 0. The highest BCUT2D eigenvalue weighted by atomic mass is 16.6. The Kier molecular flexibility index (Phi) is 60.7. The fourth-order valence-corrected chi connectivity index (χ4v) is 10.2. The Hall–Kier alpha value is -1.36. The molecule has 1 N–H and O–H groups in total. The molecule has 0 saturated carbocycles. The number of aliphatic hydroxyl groups is 1. The summed E-state index contributed by atoms with van der Waals surface area (Å²) in [5, 5.41) is 9.67. The molecule has 0 saturated heterocycles. The van der Waals surface area contributed by atoms with Crippen molar-refractivity contribution in [3.63, 3.8) is 0 Å². The molecule has 0 aliphatic rings. The Bertz CT molecular complexity index is 1030. The van der Waals surface area contributed by atoms with Gasteiger partial charge in [0, 0.05) is 12.8 Å². The maximum atomic E-state index is 12.3. The average Bonchev–Trinajstić information content (AvgIpc) is 3.36. The highest BCUT2D eigenvalue weighted by Gasteiger charge is 2.16. The molecule has 5 nitrogen and oxygen atoms in total. The van der Waals surface area contributed by atoms with Crippen LogP contribution in [0.15, 0.2) is 12.2 Å². The van der Waals surface area contributed by atoms with Crippen LogP contribution in [0.5, 0.6) is 0 Å². The van der Waals surface area contributed by atoms with Gasteiger partial charge in [0.1, 0.15) is 6.61 Å². The fourth-order valence-electron chi connectivity index (χ4n) is 10.2. The molecule has 0 rings (SSSR count). The first-order valence-corrected chi connectivity index (χ1v) is 32.2. The van der Waals surface area contributed by atoms with E-state index < -0.39 is 6.10 Å². The molecule has 0 aliphatic heterocycles. The van der Waals surface area contributed by atoms with Gasteiger partial charge in [0.05, 0.1) is 6.61 Å². The van der Waals surface area contributed by atoms with Crippen molar-refractivity contribution in [1.29, 1.82) is 0 Å². The number of ether oxygens (including phenoxy) is 2. The Morgan fingerprint density at radius 3 is 0.771 bits per heavy atom. The molecule has 5 heteroatoms. The lowest BCUT2D eigenvalue weighted by Crippen LogP contribution is -2.28. The zero-order valence-electron chi connectivity index (χ0n) is 47.8. The lowest BCUT2D eigenvalue weighted by molar-refractivity contribution is -0.161. The van der Waals surface area contributed by atoms with E-state index in [1.54, 1.807) is 0 Å². The van der Waals surface area contributed by atoms with Crippen LogP contribution in [0.25, 0.3) is 0 Å². The van der Waals surface area contributed by atoms with Crippen molar-refractivity contribution in [2.75, 3.05) is 13.2 Å². The molecule has 0 radical (unpaired) electrons. The Morgan fingerprint density at radius 1 is 0.314 bits per heavy atom. The molecule has 0 amide bonds. The summed E-state index contributed by atoms with van der Waals surface area (Å²) in [6.45, 7) is 4.21. The molecule has 0 spiro atoms. The topological polar surface area (TPSA) is 72.8 Å². The van der Waals surface area contributed by atoms with Gasteiger partial charge >= 0.3 is 11.9 Å². The van der Waals surface area contributed by atoms with Crippen LogP contribution in [0.4, 0.5) is 0 Å². The van der Waals surface area contributed by atoms with Crippen LogP contribution >= 0.6 is 0 Å². The highest BCUT2D eigenvalue weighted by Crippen LogP contribution is 2.19. The highest BCUT2D eigenvalue weighted by molar-refractivity contribution is 5.70. The van der Waals surface area contributed by atoms with Gasteiger partial charge in [-0.05, 0) is 38.5 Å². The van der Waals surface area contributed by atoms with Gasteiger partial charge in [-0.15, -0.1) is 0 Å². The molecule has 0 aromatic rings. The Balaban J connectivity index is 3.36. The van der Waals surface area contributed by atoms with Gasteiger partial charge in [-0.25, -0.2) is 0 Å². The quantitative estimate of drug-likeness (QED) is 0.0373. The van der Waals surface area contributed by atoms with Crippen LogP contribution in [-0.2, 0) is 19.1 Å². The molecule has 1 unspecified atom stereocenters. The van der Waals surface area contributed by atoms with E-state index in [1.807, 2.05) is 0 Å². The van der Waals surface area contributed by atoms with Gasteiger partial charge in [-0.2, -0.15) is 0 Å². The SMILES string of the molecule is CCCCCCCCCC/C=C\CCCCCCCCCCCCCCCCCCCCCCCCCC(=O)OC(CO)COC(=O)CCCCCCCCCCCCCCCCCCCCCCC. The second-order valence-corrected chi connectivity index (χ2v) is 22.2. The van der Waals surface area contributed by atoms with Gasteiger partial charge in [0.2, 0.25) is 0 Å². The van der Waals surface area contributed by atoms with Gasteiger partial charge in [0.15, 0.2) is 6.10 Å². The fraction of sp³-hybridized carbons (Fsp3) is 0.938. The molecule has 0 aliphatic carbocycles. The van der Waals surface area contributed by atoms with Gasteiger partial charge in [-0.1, -0.05) is 334 Å². The number of hydrogen-bond donors (Lipinski definition) is 1. The molecule has 0 bridgehead atoms. The van der Waals surface area contributed by atoms with Crippen LogP contribution < -0.4 is 0 Å². The molecule has 0 heterocycles. The number of carbonyl (C=O) groups is 2. The number of esters is 2. The van der Waals surface area contributed by atoms with Crippen molar-refractivity contribution in [2.45, 2.75) is 380 Å². The van der Waals surface area contributed by atoms with Crippen molar-refractivity contribution in [2.24, 2.45) is 0 Å². The van der Waals surface area contributed by atoms with Crippen LogP contribution in [0.1, 0.15) is 373 Å². The molecule has 416 valence electrons. The molecular formula is C65H126O5. The van der Waals surface area contributed by atoms with Gasteiger partial charge < -0.3 is 14.6 Å². The number of rotatable bonds is 61. The molecule has 0 aromatic carbocycles. The van der Waals surface area contributed by atoms with Crippen molar-refractivity contribution in [1.82, 2.24) is 0 Å². The zero-order valence-corrected chi connectivity index (χ0v) is 47.8. The molecule has 1 atom stereocenters. The minimum atomic E-state index is -0.766. The molecule has 0 fully saturated rings. The largest absolute Gasteiger partial charge is 0.462 e. The summed E-state index contributed by atoms with van der Waals surface area (Å²) in [4.78, 5) is 24.6. The first kappa shape index (κ1) is 68.6. The maximum Gasteiger partial charge on any atom is 0.306 e. The van der Waals surface area contributed by atoms with Crippen LogP contribution in [0, 0.1) is 0 Å². The van der Waals surface area contributed by atoms with Crippen LogP contribution in [0.3, 0.4) is 0 Å². The molecule has 70 heavy (non-hydrogen) atoms. The van der Waals surface area contributed by atoms with E-state index in [0.717, 1.165) is 32.1 Å². The first-order chi connectivity index (χ1) is 34.6. The minimum Gasteiger partial charge on any atom is -0.462 e. The Morgan fingerprint density at radius 2 is 0.529 bits per heavy atom. The van der Waals surface area contributed by atoms with Crippen LogP contribution in [0.2, 0.25) is 0 Å². The van der Waals surface area contributed by atoms with E-state index in [4.69, 9.17) is 9.47 Å². The van der Waals surface area contributed by atoms with E-state index in [1.165, 1.54) is 315 Å². The second-order valence-electron chi connectivity index (χ2n) is 22.2. The average molecular weight is 988 g/mol. The summed E-state index contributed by atoms with van der Waals surface area (Å²) < 4.78 is 10.7. The van der Waals surface area contributed by atoms with E-state index in [9.17, 15) is 14.7 Å². The van der Waals surface area contributed by atoms with Crippen LogP contribution in [-0.4, -0.2) is 36.4 Å². The van der Waals surface area contributed by atoms with E-state index >= 15 is 0 Å². The summed E-state index contributed by atoms with van der Waals surface area (Å²) in [7, 11) is 0. The third-order valence-corrected chi connectivity index (χ3v) is 15.1. The Labute approximate surface area is 439 Å². The molecule has 0 aromatic heterocycles. The number of unbranched alkanes of at least 4 members (excludes halogenated alkanes) is 51. The maximum absolute atomic E-state index is 12.3. The van der Waals surface area contributed by atoms with Gasteiger partial charge in [-0.3, -0.25) is 9.59 Å². The van der Waals surface area contributed by atoms with Crippen molar-refractivity contribution < 1.29 is 24.2 Å². The third kappa shape index (κ3) is 59.2. The number of hydrogen-bond acceptors (Lipinski definition) is 5. The lowest BCUT2D eigenvalue weighted by atomic mass is 10.0. The summed E-state index contributed by atoms with van der Waals surface area (Å²) in [5.74, 6) is -0.563. The minimum absolute atomic E-state index is 0.0566. The number of allylic oxidation sites excluding steroid dienone is 2. The summed E-state index contributed by atoms with van der Waals surface area (Å²) in [5.41, 5.74) is 0. The predicted octanol–water partition coefficient (Wildman–Crippen LogP) is 21.9. The predicted molar refractivity (Wildman–Crippen MR) is 307 cm³/mol. The van der Waals surface area contributed by atoms with E-state index in [2.05, 4.69) is 26.0 Å². The first-order valence-electron chi connectivity index (χ1n) is 32.2. The zero-order chi connectivity index (χ0) is 50.6. The third-order valence-electron chi connectivity index (χ3n) is 15.1. The summed E-state index contributed by atoms with van der Waals surface area (Å²) in [6.07, 6.45) is 78.0. The normalized spacial score (nSPS) is 12.1. The van der Waals surface area contributed by atoms with E-state index in [0.29, 0.717) is 12.8 Å². The van der Waals surface area contributed by atoms with E-state index in [-0.39, 0.29) is 25.2 Å². The lowest BCUT2D eigenvalue weighted by Gasteiger charge is -2.15. The number of aliphatic hydroxyl groups excluding tert-OH is 1. The van der Waals surface area contributed by atoms with Crippen molar-refractivity contribution in [3.05, 3.63) is 12.2 Å². The number of carbonyl (C=O) groups excluding carboxylic acids is 2. The standard InChI is InChI=1S/C65H126O5/c1-3-5-7-9-11-13-15-17-19-21-23-25-26-27-28-29-30-31-32-33-34-35-36-37-38-40-42-44-46-48-50-52-54-56-58-60-65(68)70-63(61-66)62-69-64(67)59-57-55-53-51-49-47-45-43-41-39-24-22-20-18-16-14-12-10-8-6-4-2/h21,23,63,66H,3-20,22,24-62H2,1-2H3/b23-21-. The van der Waals surface area contributed by atoms with Crippen molar-refractivity contribution >= 4 is 11.9 Å². The molecular weight excluding hydrogens is 861 g/mol. The second kappa shape index (κ2) is 61.9. The summed E-state index contributed by atoms with van der Waals surface area (Å²) >= 11 is 0. The monoisotopic (exact) mass is 987 g/mol. The smallest absolute Gasteiger partial charge is 0.306 e. The van der Waals surface area contributed by atoms with Crippen molar-refractivity contribution in [3.8, 4) is 0 Å².